The molecule has 1 rings (SSSR count). The third-order valence-electron chi connectivity index (χ3n) is 2.06. The lowest BCUT2D eigenvalue weighted by molar-refractivity contribution is 0.285. The lowest BCUT2D eigenvalue weighted by Gasteiger charge is -1.96. The van der Waals surface area contributed by atoms with Crippen molar-refractivity contribution < 1.29 is 5.11 Å². The summed E-state index contributed by atoms with van der Waals surface area (Å²) >= 11 is 0. The topological polar surface area (TPSA) is 38.0 Å². The summed E-state index contributed by atoms with van der Waals surface area (Å²) in [6.45, 7) is 1.30. The summed E-state index contributed by atoms with van der Waals surface area (Å²) in [6.07, 6.45) is 14.1. The van der Waals surface area contributed by atoms with Crippen LogP contribution >= 0.6 is 0 Å². The van der Waals surface area contributed by atoms with Crippen LogP contribution in [-0.2, 0) is 6.54 Å². The van der Waals surface area contributed by atoms with Crippen LogP contribution in [-0.4, -0.2) is 21.3 Å². The van der Waals surface area contributed by atoms with E-state index in [9.17, 15) is 0 Å². The first-order valence-electron chi connectivity index (χ1n) is 5.15. The molecule has 14 heavy (non-hydrogen) atoms. The van der Waals surface area contributed by atoms with Gasteiger partial charge in [-0.3, -0.25) is 0 Å². The van der Waals surface area contributed by atoms with E-state index in [2.05, 4.69) is 21.7 Å². The fourth-order valence-electron chi connectivity index (χ4n) is 1.25. The molecule has 1 aromatic rings. The Labute approximate surface area is 85.1 Å². The zero-order chi connectivity index (χ0) is 10.1. The maximum atomic E-state index is 8.56. The Kier molecular flexibility index (Phi) is 5.75. The Bertz CT molecular complexity index is 242. The van der Waals surface area contributed by atoms with Gasteiger partial charge in [0.2, 0.25) is 0 Å². The number of imidazole rings is 1. The third-order valence-corrected chi connectivity index (χ3v) is 2.06. The van der Waals surface area contributed by atoms with Gasteiger partial charge in [0.1, 0.15) is 0 Å². The van der Waals surface area contributed by atoms with Gasteiger partial charge in [-0.2, -0.15) is 0 Å². The highest BCUT2D eigenvalue weighted by molar-refractivity contribution is 4.83. The molecule has 0 aliphatic heterocycles. The van der Waals surface area contributed by atoms with Crippen LogP contribution in [0.5, 0.6) is 0 Å². The molecule has 1 N–H and O–H groups in total. The van der Waals surface area contributed by atoms with Crippen molar-refractivity contribution in [3.63, 3.8) is 0 Å². The van der Waals surface area contributed by atoms with Crippen LogP contribution in [0.1, 0.15) is 25.7 Å². The van der Waals surface area contributed by atoms with Gasteiger partial charge in [0, 0.05) is 25.5 Å². The molecule has 78 valence electrons. The van der Waals surface area contributed by atoms with Crippen LogP contribution < -0.4 is 0 Å². The minimum absolute atomic E-state index is 0.308. The molecular weight excluding hydrogens is 176 g/mol. The molecule has 1 aromatic heterocycles. The predicted molar refractivity (Wildman–Crippen MR) is 56.9 cm³/mol. The zero-order valence-electron chi connectivity index (χ0n) is 8.47. The second-order valence-corrected chi connectivity index (χ2v) is 3.28. The summed E-state index contributed by atoms with van der Waals surface area (Å²) in [6, 6.07) is 0. The molecule has 0 bridgehead atoms. The minimum Gasteiger partial charge on any atom is -0.396 e. The zero-order valence-corrected chi connectivity index (χ0v) is 8.47. The Morgan fingerprint density at radius 1 is 1.21 bits per heavy atom. The van der Waals surface area contributed by atoms with Crippen molar-refractivity contribution in [2.45, 2.75) is 32.2 Å². The van der Waals surface area contributed by atoms with E-state index >= 15 is 0 Å². The molecule has 0 unspecified atom stereocenters. The van der Waals surface area contributed by atoms with Crippen LogP contribution in [0.25, 0.3) is 0 Å². The second kappa shape index (κ2) is 7.33. The fourth-order valence-corrected chi connectivity index (χ4v) is 1.25. The number of nitrogens with zero attached hydrogens (tertiary/aromatic N) is 2. The number of rotatable bonds is 7. The number of aliphatic hydroxyl groups is 1. The maximum Gasteiger partial charge on any atom is 0.0946 e. The highest BCUT2D eigenvalue weighted by Crippen LogP contribution is 1.98. The van der Waals surface area contributed by atoms with Gasteiger partial charge in [0.25, 0.3) is 0 Å². The van der Waals surface area contributed by atoms with Crippen molar-refractivity contribution in [2.24, 2.45) is 0 Å². The molecule has 1 heterocycles. The van der Waals surface area contributed by atoms with Crippen LogP contribution in [0.4, 0.5) is 0 Å². The fraction of sp³-hybridized carbons (Fsp3) is 0.545. The normalized spacial score (nSPS) is 11.2. The first kappa shape index (κ1) is 11.0. The largest absolute Gasteiger partial charge is 0.396 e. The molecule has 0 atom stereocenters. The Balaban J connectivity index is 1.98. The maximum absolute atomic E-state index is 8.56. The van der Waals surface area contributed by atoms with Crippen LogP contribution in [0, 0.1) is 0 Å². The van der Waals surface area contributed by atoms with Crippen LogP contribution in [0.3, 0.4) is 0 Å². The van der Waals surface area contributed by atoms with E-state index in [1.165, 1.54) is 0 Å². The first-order chi connectivity index (χ1) is 6.93. The number of unbranched alkanes of at least 4 members (excludes halogenated alkanes) is 2. The van der Waals surface area contributed by atoms with Crippen molar-refractivity contribution in [3.8, 4) is 0 Å². The quantitative estimate of drug-likeness (QED) is 0.532. The molecule has 0 aromatic carbocycles. The molecule has 0 radical (unpaired) electrons. The molecular formula is C11H18N2O. The predicted octanol–water partition coefficient (Wildman–Crippen LogP) is 1.99. The van der Waals surface area contributed by atoms with Crippen molar-refractivity contribution in [2.75, 3.05) is 6.61 Å². The molecule has 0 aliphatic carbocycles. The molecule has 0 saturated heterocycles. The van der Waals surface area contributed by atoms with E-state index in [1.807, 2.05) is 12.5 Å². The number of aliphatic hydroxyl groups excluding tert-OH is 1. The average molecular weight is 194 g/mol. The van der Waals surface area contributed by atoms with Gasteiger partial charge in [0.15, 0.2) is 0 Å². The van der Waals surface area contributed by atoms with Gasteiger partial charge in [-0.15, -0.1) is 0 Å². The minimum atomic E-state index is 0.308. The molecule has 3 heteroatoms. The Morgan fingerprint density at radius 3 is 2.79 bits per heavy atom. The number of hydrogen-bond donors (Lipinski definition) is 1. The molecule has 3 nitrogen and oxygen atoms in total. The van der Waals surface area contributed by atoms with Gasteiger partial charge in [0.05, 0.1) is 6.33 Å². The summed E-state index contributed by atoms with van der Waals surface area (Å²) in [5.74, 6) is 0. The summed E-state index contributed by atoms with van der Waals surface area (Å²) in [4.78, 5) is 3.97. The third kappa shape index (κ3) is 4.82. The number of aromatic nitrogens is 2. The van der Waals surface area contributed by atoms with E-state index in [-0.39, 0.29) is 0 Å². The summed E-state index contributed by atoms with van der Waals surface area (Å²) in [5.41, 5.74) is 0. The molecule has 0 saturated carbocycles. The van der Waals surface area contributed by atoms with Crippen molar-refractivity contribution in [3.05, 3.63) is 30.9 Å². The standard InChI is InChI=1S/C11H18N2O/c14-10-6-4-2-1-3-5-8-13-9-7-12-11-13/h1,3,7,9,11,14H,2,4-6,8,10H2. The molecule has 0 amide bonds. The van der Waals surface area contributed by atoms with E-state index in [4.69, 9.17) is 5.11 Å². The van der Waals surface area contributed by atoms with Gasteiger partial charge in [-0.05, 0) is 25.7 Å². The summed E-state index contributed by atoms with van der Waals surface area (Å²) in [5, 5.41) is 8.56. The molecule has 0 aliphatic rings. The highest BCUT2D eigenvalue weighted by atomic mass is 16.2. The van der Waals surface area contributed by atoms with Gasteiger partial charge >= 0.3 is 0 Å². The lowest BCUT2D eigenvalue weighted by atomic mass is 10.2. The molecule has 0 spiro atoms. The Hall–Kier alpha value is -1.09. The van der Waals surface area contributed by atoms with Gasteiger partial charge in [-0.25, -0.2) is 4.98 Å². The van der Waals surface area contributed by atoms with E-state index in [0.717, 1.165) is 32.2 Å². The molecule has 0 fully saturated rings. The SMILES string of the molecule is OCCCCC=CCCn1ccnc1. The average Bonchev–Trinajstić information content (AvgIpc) is 2.69. The van der Waals surface area contributed by atoms with Crippen LogP contribution in [0.15, 0.2) is 30.9 Å². The number of allylic oxidation sites excluding steroid dienone is 2. The van der Waals surface area contributed by atoms with Gasteiger partial charge < -0.3 is 9.67 Å². The Morgan fingerprint density at radius 2 is 2.07 bits per heavy atom. The first-order valence-corrected chi connectivity index (χ1v) is 5.15. The van der Waals surface area contributed by atoms with E-state index in [1.54, 1.807) is 6.20 Å². The van der Waals surface area contributed by atoms with Crippen LogP contribution in [0.2, 0.25) is 0 Å². The lowest BCUT2D eigenvalue weighted by Crippen LogP contribution is -1.91. The monoisotopic (exact) mass is 194 g/mol. The van der Waals surface area contributed by atoms with E-state index < -0.39 is 0 Å². The van der Waals surface area contributed by atoms with Gasteiger partial charge in [-0.1, -0.05) is 12.2 Å². The smallest absolute Gasteiger partial charge is 0.0946 e. The summed E-state index contributed by atoms with van der Waals surface area (Å²) in [7, 11) is 0. The number of hydrogen-bond acceptors (Lipinski definition) is 2. The van der Waals surface area contributed by atoms with Crippen molar-refractivity contribution >= 4 is 0 Å². The van der Waals surface area contributed by atoms with Crippen molar-refractivity contribution in [1.29, 1.82) is 0 Å². The highest BCUT2D eigenvalue weighted by Gasteiger charge is 1.86. The van der Waals surface area contributed by atoms with Crippen molar-refractivity contribution in [1.82, 2.24) is 9.55 Å². The second-order valence-electron chi connectivity index (χ2n) is 3.28. The van der Waals surface area contributed by atoms with E-state index in [0.29, 0.717) is 6.61 Å². The summed E-state index contributed by atoms with van der Waals surface area (Å²) < 4.78 is 2.07. The number of aryl methyl sites for hydroxylation is 1.